The molecular formula is C25H20ClN5O. The molecule has 0 aliphatic heterocycles. The summed E-state index contributed by atoms with van der Waals surface area (Å²) in [4.78, 5) is 14.1. The van der Waals surface area contributed by atoms with Crippen LogP contribution in [-0.4, -0.2) is 26.6 Å². The second-order valence-corrected chi connectivity index (χ2v) is 7.55. The molecule has 5 rings (SSSR count). The number of nitrogen functional groups attached to an aromatic ring is 1. The first kappa shape index (κ1) is 20.0. The van der Waals surface area contributed by atoms with Crippen molar-refractivity contribution in [3.05, 3.63) is 84.6 Å². The summed E-state index contributed by atoms with van der Waals surface area (Å²) in [5.74, 6) is 2.32. The Kier molecular flexibility index (Phi) is 5.21. The predicted molar refractivity (Wildman–Crippen MR) is 128 cm³/mol. The van der Waals surface area contributed by atoms with E-state index >= 15 is 0 Å². The van der Waals surface area contributed by atoms with Crippen LogP contribution in [0.1, 0.15) is 5.56 Å². The number of fused-ring (bicyclic) bond motifs is 1. The minimum absolute atomic E-state index is 0.412. The number of anilines is 1. The van der Waals surface area contributed by atoms with E-state index in [1.54, 1.807) is 13.3 Å². The SMILES string of the molecule is COc1cccc(-c2ccc3nc(-c4cccnc4N)n(-c4ccc(CCl)cc4)c3n2)c1. The Hall–Kier alpha value is -3.90. The minimum Gasteiger partial charge on any atom is -0.497 e. The van der Waals surface area contributed by atoms with Crippen molar-refractivity contribution >= 4 is 28.6 Å². The van der Waals surface area contributed by atoms with Crippen LogP contribution in [0, 0.1) is 0 Å². The van der Waals surface area contributed by atoms with Gasteiger partial charge in [0.25, 0.3) is 0 Å². The molecule has 6 nitrogen and oxygen atoms in total. The highest BCUT2D eigenvalue weighted by Crippen LogP contribution is 2.32. The van der Waals surface area contributed by atoms with Gasteiger partial charge in [-0.2, -0.15) is 0 Å². The summed E-state index contributed by atoms with van der Waals surface area (Å²) in [6, 6.07) is 23.5. The van der Waals surface area contributed by atoms with E-state index in [0.717, 1.165) is 45.0 Å². The van der Waals surface area contributed by atoms with E-state index < -0.39 is 0 Å². The monoisotopic (exact) mass is 441 g/mol. The second kappa shape index (κ2) is 8.32. The van der Waals surface area contributed by atoms with E-state index in [0.29, 0.717) is 17.5 Å². The number of alkyl halides is 1. The molecule has 7 heteroatoms. The molecular weight excluding hydrogens is 422 g/mol. The fraction of sp³-hybridized carbons (Fsp3) is 0.0800. The average Bonchev–Trinajstić information content (AvgIpc) is 3.23. The molecule has 0 radical (unpaired) electrons. The van der Waals surface area contributed by atoms with Gasteiger partial charge in [-0.05, 0) is 54.1 Å². The van der Waals surface area contributed by atoms with Gasteiger partial charge in [-0.1, -0.05) is 24.3 Å². The van der Waals surface area contributed by atoms with Crippen molar-refractivity contribution in [1.82, 2.24) is 19.5 Å². The number of rotatable bonds is 5. The molecule has 0 unspecified atom stereocenters. The number of pyridine rings is 2. The van der Waals surface area contributed by atoms with Crippen molar-refractivity contribution in [1.29, 1.82) is 0 Å². The molecule has 0 aliphatic rings. The fourth-order valence-corrected chi connectivity index (χ4v) is 3.84. The molecule has 0 spiro atoms. The first-order chi connectivity index (χ1) is 15.7. The van der Waals surface area contributed by atoms with Gasteiger partial charge in [0.05, 0.1) is 18.4 Å². The van der Waals surface area contributed by atoms with Crippen molar-refractivity contribution in [3.63, 3.8) is 0 Å². The number of aromatic nitrogens is 4. The van der Waals surface area contributed by atoms with Gasteiger partial charge in [0, 0.05) is 23.3 Å². The Bertz CT molecular complexity index is 1410. The van der Waals surface area contributed by atoms with Crippen molar-refractivity contribution in [2.24, 2.45) is 0 Å². The lowest BCUT2D eigenvalue weighted by molar-refractivity contribution is 0.415. The zero-order valence-corrected chi connectivity index (χ0v) is 18.1. The number of nitrogens with two attached hydrogens (primary N) is 1. The summed E-state index contributed by atoms with van der Waals surface area (Å²) in [6.45, 7) is 0. The van der Waals surface area contributed by atoms with Gasteiger partial charge >= 0.3 is 0 Å². The third-order valence-corrected chi connectivity index (χ3v) is 5.61. The van der Waals surface area contributed by atoms with E-state index in [1.165, 1.54) is 0 Å². The van der Waals surface area contributed by atoms with Gasteiger partial charge in [0.15, 0.2) is 11.5 Å². The number of imidazole rings is 1. The number of ether oxygens (including phenoxy) is 1. The second-order valence-electron chi connectivity index (χ2n) is 7.28. The van der Waals surface area contributed by atoms with Crippen LogP contribution in [-0.2, 0) is 5.88 Å². The Balaban J connectivity index is 1.77. The van der Waals surface area contributed by atoms with Crippen molar-refractivity contribution < 1.29 is 4.74 Å². The number of methoxy groups -OCH3 is 1. The predicted octanol–water partition coefficient (Wildman–Crippen LogP) is 5.48. The lowest BCUT2D eigenvalue weighted by Crippen LogP contribution is -2.02. The molecule has 5 aromatic rings. The maximum atomic E-state index is 6.20. The number of nitrogens with zero attached hydrogens (tertiary/aromatic N) is 4. The summed E-state index contributed by atoms with van der Waals surface area (Å²) in [5.41, 5.74) is 12.2. The Morgan fingerprint density at radius 1 is 0.969 bits per heavy atom. The molecule has 2 N–H and O–H groups in total. The Morgan fingerprint density at radius 2 is 1.81 bits per heavy atom. The molecule has 2 aromatic carbocycles. The zero-order valence-electron chi connectivity index (χ0n) is 17.4. The normalized spacial score (nSPS) is 11.1. The average molecular weight is 442 g/mol. The maximum absolute atomic E-state index is 6.20. The van der Waals surface area contributed by atoms with Crippen LogP contribution in [0.2, 0.25) is 0 Å². The summed E-state index contributed by atoms with van der Waals surface area (Å²) < 4.78 is 7.38. The first-order valence-corrected chi connectivity index (χ1v) is 10.6. The standard InChI is InChI=1S/C25H20ClN5O/c1-32-19-5-2-4-17(14-19)21-11-12-22-25(29-21)31(18-9-7-16(15-26)8-10-18)24(30-22)20-6-3-13-28-23(20)27/h2-14H,15H2,1H3,(H2,27,28). The molecule has 0 bridgehead atoms. The van der Waals surface area contributed by atoms with Crippen molar-refractivity contribution in [2.75, 3.05) is 12.8 Å². The summed E-state index contributed by atoms with van der Waals surface area (Å²) >= 11 is 5.99. The number of hydrogen-bond acceptors (Lipinski definition) is 5. The van der Waals surface area contributed by atoms with Crippen LogP contribution in [0.25, 0.3) is 39.5 Å². The van der Waals surface area contributed by atoms with Crippen LogP contribution in [0.4, 0.5) is 5.82 Å². The third kappa shape index (κ3) is 3.55. The lowest BCUT2D eigenvalue weighted by atomic mass is 10.1. The van der Waals surface area contributed by atoms with Gasteiger partial charge in [-0.3, -0.25) is 4.57 Å². The summed E-state index contributed by atoms with van der Waals surface area (Å²) in [7, 11) is 1.65. The van der Waals surface area contributed by atoms with Crippen molar-refractivity contribution in [2.45, 2.75) is 5.88 Å². The first-order valence-electron chi connectivity index (χ1n) is 10.1. The summed E-state index contributed by atoms with van der Waals surface area (Å²) in [5, 5.41) is 0. The lowest BCUT2D eigenvalue weighted by Gasteiger charge is -2.11. The van der Waals surface area contributed by atoms with E-state index in [1.807, 2.05) is 77.4 Å². The van der Waals surface area contributed by atoms with Gasteiger partial charge in [-0.25, -0.2) is 15.0 Å². The molecule has 0 fully saturated rings. The van der Waals surface area contributed by atoms with E-state index in [2.05, 4.69) is 4.98 Å². The zero-order chi connectivity index (χ0) is 22.1. The fourth-order valence-electron chi connectivity index (χ4n) is 3.67. The topological polar surface area (TPSA) is 78.9 Å². The molecule has 0 atom stereocenters. The van der Waals surface area contributed by atoms with Crippen LogP contribution in [0.15, 0.2) is 79.0 Å². The molecule has 158 valence electrons. The number of hydrogen-bond donors (Lipinski definition) is 1. The van der Waals surface area contributed by atoms with Gasteiger partial charge in [0.2, 0.25) is 0 Å². The van der Waals surface area contributed by atoms with Crippen LogP contribution >= 0.6 is 11.6 Å². The van der Waals surface area contributed by atoms with Crippen LogP contribution in [0.5, 0.6) is 5.75 Å². The van der Waals surface area contributed by atoms with Crippen molar-refractivity contribution in [3.8, 4) is 34.1 Å². The highest BCUT2D eigenvalue weighted by atomic mass is 35.5. The number of benzene rings is 2. The molecule has 0 amide bonds. The minimum atomic E-state index is 0.412. The van der Waals surface area contributed by atoms with E-state index in [-0.39, 0.29) is 0 Å². The molecule has 3 heterocycles. The maximum Gasteiger partial charge on any atom is 0.165 e. The van der Waals surface area contributed by atoms with Crippen LogP contribution in [0.3, 0.4) is 0 Å². The molecule has 3 aromatic heterocycles. The highest BCUT2D eigenvalue weighted by Gasteiger charge is 2.18. The molecule has 0 saturated heterocycles. The van der Waals surface area contributed by atoms with Gasteiger partial charge in [0.1, 0.15) is 17.1 Å². The Labute approximate surface area is 190 Å². The number of halogens is 1. The Morgan fingerprint density at radius 3 is 2.56 bits per heavy atom. The molecule has 0 saturated carbocycles. The van der Waals surface area contributed by atoms with E-state index in [4.69, 9.17) is 32.0 Å². The largest absolute Gasteiger partial charge is 0.497 e. The molecule has 0 aliphatic carbocycles. The smallest absolute Gasteiger partial charge is 0.165 e. The summed E-state index contributed by atoms with van der Waals surface area (Å²) in [6.07, 6.45) is 1.67. The highest BCUT2D eigenvalue weighted by molar-refractivity contribution is 6.17. The van der Waals surface area contributed by atoms with Gasteiger partial charge in [-0.15, -0.1) is 11.6 Å². The molecule has 32 heavy (non-hydrogen) atoms. The third-order valence-electron chi connectivity index (χ3n) is 5.30. The quantitative estimate of drug-likeness (QED) is 0.365. The van der Waals surface area contributed by atoms with E-state index in [9.17, 15) is 0 Å². The van der Waals surface area contributed by atoms with Gasteiger partial charge < -0.3 is 10.5 Å². The van der Waals surface area contributed by atoms with Crippen LogP contribution < -0.4 is 10.5 Å².